The maximum Gasteiger partial charge on any atom is 0.191 e. The number of ether oxygens (including phenoxy) is 1. The standard InChI is InChI=1S/C13H27N3O.HI/c1-12(2)6-10-17-11-7-15-13(14)16-8-4-3-5-9-16;/h12H,3-11H2,1-2H3,(H2,14,15);1H. The summed E-state index contributed by atoms with van der Waals surface area (Å²) in [7, 11) is 0. The van der Waals surface area contributed by atoms with E-state index in [-0.39, 0.29) is 24.0 Å². The van der Waals surface area contributed by atoms with Crippen molar-refractivity contribution in [1.82, 2.24) is 4.90 Å². The van der Waals surface area contributed by atoms with Gasteiger partial charge in [0.2, 0.25) is 0 Å². The number of hydrogen-bond donors (Lipinski definition) is 1. The summed E-state index contributed by atoms with van der Waals surface area (Å²) in [5.74, 6) is 1.40. The van der Waals surface area contributed by atoms with Gasteiger partial charge in [0.25, 0.3) is 0 Å². The molecule has 0 unspecified atom stereocenters. The molecule has 0 bridgehead atoms. The van der Waals surface area contributed by atoms with E-state index in [1.807, 2.05) is 0 Å². The van der Waals surface area contributed by atoms with Crippen LogP contribution in [0.1, 0.15) is 39.5 Å². The molecular formula is C13H28IN3O. The smallest absolute Gasteiger partial charge is 0.191 e. The van der Waals surface area contributed by atoms with Crippen LogP contribution in [0.4, 0.5) is 0 Å². The molecule has 0 aromatic rings. The molecule has 1 rings (SSSR count). The number of halogens is 1. The Morgan fingerprint density at radius 1 is 1.22 bits per heavy atom. The van der Waals surface area contributed by atoms with Gasteiger partial charge < -0.3 is 15.4 Å². The zero-order valence-corrected chi connectivity index (χ0v) is 14.1. The highest BCUT2D eigenvalue weighted by Crippen LogP contribution is 2.07. The predicted octanol–water partition coefficient (Wildman–Crippen LogP) is 2.47. The molecular weight excluding hydrogens is 341 g/mol. The van der Waals surface area contributed by atoms with Crippen LogP contribution >= 0.6 is 24.0 Å². The zero-order valence-electron chi connectivity index (χ0n) is 11.7. The fourth-order valence-electron chi connectivity index (χ4n) is 1.87. The molecule has 0 amide bonds. The highest BCUT2D eigenvalue weighted by Gasteiger charge is 2.11. The van der Waals surface area contributed by atoms with E-state index in [1.54, 1.807) is 0 Å². The van der Waals surface area contributed by atoms with Gasteiger partial charge in [0.15, 0.2) is 5.96 Å². The van der Waals surface area contributed by atoms with Gasteiger partial charge >= 0.3 is 0 Å². The Kier molecular flexibility index (Phi) is 10.8. The molecule has 0 aliphatic carbocycles. The van der Waals surface area contributed by atoms with Gasteiger partial charge in [0.05, 0.1) is 13.2 Å². The fourth-order valence-corrected chi connectivity index (χ4v) is 1.87. The molecule has 1 aliphatic heterocycles. The van der Waals surface area contributed by atoms with Crippen LogP contribution in [0.2, 0.25) is 0 Å². The van der Waals surface area contributed by atoms with Gasteiger partial charge in [-0.25, -0.2) is 0 Å². The summed E-state index contributed by atoms with van der Waals surface area (Å²) in [6, 6.07) is 0. The fraction of sp³-hybridized carbons (Fsp3) is 0.923. The first-order valence-electron chi connectivity index (χ1n) is 6.82. The first-order chi connectivity index (χ1) is 8.20. The highest BCUT2D eigenvalue weighted by atomic mass is 127. The van der Waals surface area contributed by atoms with Crippen molar-refractivity contribution in [2.24, 2.45) is 16.6 Å². The van der Waals surface area contributed by atoms with Gasteiger partial charge in [-0.1, -0.05) is 13.8 Å². The van der Waals surface area contributed by atoms with Crippen molar-refractivity contribution in [3.8, 4) is 0 Å². The van der Waals surface area contributed by atoms with Gasteiger partial charge in [-0.15, -0.1) is 24.0 Å². The number of nitrogens with two attached hydrogens (primary N) is 1. The van der Waals surface area contributed by atoms with Crippen LogP contribution in [0.5, 0.6) is 0 Å². The van der Waals surface area contributed by atoms with E-state index in [0.29, 0.717) is 25.0 Å². The van der Waals surface area contributed by atoms with E-state index >= 15 is 0 Å². The van der Waals surface area contributed by atoms with Gasteiger partial charge in [0, 0.05) is 19.7 Å². The molecule has 0 atom stereocenters. The third-order valence-corrected chi connectivity index (χ3v) is 3.03. The van der Waals surface area contributed by atoms with Crippen molar-refractivity contribution >= 4 is 29.9 Å². The molecule has 5 heteroatoms. The maximum absolute atomic E-state index is 5.93. The van der Waals surface area contributed by atoms with E-state index in [2.05, 4.69) is 23.7 Å². The van der Waals surface area contributed by atoms with Crippen molar-refractivity contribution in [3.05, 3.63) is 0 Å². The molecule has 0 aromatic heterocycles. The average Bonchev–Trinajstić information content (AvgIpc) is 2.34. The van der Waals surface area contributed by atoms with Crippen LogP contribution < -0.4 is 5.73 Å². The molecule has 0 radical (unpaired) electrons. The molecule has 0 saturated carbocycles. The summed E-state index contributed by atoms with van der Waals surface area (Å²) in [5, 5.41) is 0. The number of rotatable bonds is 6. The van der Waals surface area contributed by atoms with Crippen molar-refractivity contribution in [1.29, 1.82) is 0 Å². The summed E-state index contributed by atoms with van der Waals surface area (Å²) in [6.45, 7) is 8.72. The largest absolute Gasteiger partial charge is 0.380 e. The normalized spacial score (nSPS) is 16.8. The minimum atomic E-state index is 0. The van der Waals surface area contributed by atoms with E-state index in [9.17, 15) is 0 Å². The van der Waals surface area contributed by atoms with Gasteiger partial charge in [0.1, 0.15) is 0 Å². The molecule has 1 saturated heterocycles. The Morgan fingerprint density at radius 3 is 2.50 bits per heavy atom. The van der Waals surface area contributed by atoms with Crippen molar-refractivity contribution in [2.45, 2.75) is 39.5 Å². The van der Waals surface area contributed by atoms with Crippen molar-refractivity contribution in [2.75, 3.05) is 32.8 Å². The third-order valence-electron chi connectivity index (χ3n) is 3.03. The lowest BCUT2D eigenvalue weighted by Gasteiger charge is -2.27. The molecule has 0 spiro atoms. The molecule has 1 heterocycles. The summed E-state index contributed by atoms with van der Waals surface area (Å²) in [4.78, 5) is 6.54. The lowest BCUT2D eigenvalue weighted by atomic mass is 10.1. The molecule has 2 N–H and O–H groups in total. The lowest BCUT2D eigenvalue weighted by molar-refractivity contribution is 0.130. The van der Waals surface area contributed by atoms with E-state index in [4.69, 9.17) is 10.5 Å². The monoisotopic (exact) mass is 369 g/mol. The molecule has 1 fully saturated rings. The maximum atomic E-state index is 5.93. The average molecular weight is 369 g/mol. The van der Waals surface area contributed by atoms with Crippen molar-refractivity contribution < 1.29 is 4.74 Å². The number of guanidine groups is 1. The van der Waals surface area contributed by atoms with Gasteiger partial charge in [-0.05, 0) is 31.6 Å². The number of aliphatic imine (C=N–C) groups is 1. The predicted molar refractivity (Wildman–Crippen MR) is 87.6 cm³/mol. The van der Waals surface area contributed by atoms with E-state index < -0.39 is 0 Å². The Bertz CT molecular complexity index is 228. The van der Waals surface area contributed by atoms with Crippen LogP contribution in [-0.4, -0.2) is 43.7 Å². The van der Waals surface area contributed by atoms with Crippen LogP contribution in [0.3, 0.4) is 0 Å². The van der Waals surface area contributed by atoms with Crippen LogP contribution in [0, 0.1) is 5.92 Å². The topological polar surface area (TPSA) is 50.9 Å². The van der Waals surface area contributed by atoms with E-state index in [0.717, 1.165) is 26.1 Å². The summed E-state index contributed by atoms with van der Waals surface area (Å²) >= 11 is 0. The quantitative estimate of drug-likeness (QED) is 0.339. The summed E-state index contributed by atoms with van der Waals surface area (Å²) in [5.41, 5.74) is 5.93. The van der Waals surface area contributed by atoms with Crippen molar-refractivity contribution in [3.63, 3.8) is 0 Å². The first kappa shape index (κ1) is 18.0. The second-order valence-electron chi connectivity index (χ2n) is 5.08. The minimum absolute atomic E-state index is 0. The second-order valence-corrected chi connectivity index (χ2v) is 5.08. The van der Waals surface area contributed by atoms with Crippen LogP contribution in [0.15, 0.2) is 4.99 Å². The molecule has 0 aromatic carbocycles. The molecule has 1 aliphatic rings. The Hall–Kier alpha value is -0.0400. The zero-order chi connectivity index (χ0) is 12.5. The Morgan fingerprint density at radius 2 is 1.89 bits per heavy atom. The van der Waals surface area contributed by atoms with Gasteiger partial charge in [-0.3, -0.25) is 4.99 Å². The highest BCUT2D eigenvalue weighted by molar-refractivity contribution is 14.0. The summed E-state index contributed by atoms with van der Waals surface area (Å²) < 4.78 is 5.50. The number of piperidine rings is 1. The molecule has 108 valence electrons. The first-order valence-corrected chi connectivity index (χ1v) is 6.82. The molecule has 18 heavy (non-hydrogen) atoms. The SMILES string of the molecule is CC(C)CCOCCN=C(N)N1CCCCC1.I. The third kappa shape index (κ3) is 8.13. The number of hydrogen-bond acceptors (Lipinski definition) is 2. The molecule has 4 nitrogen and oxygen atoms in total. The Labute approximate surface area is 128 Å². The van der Waals surface area contributed by atoms with Crippen LogP contribution in [-0.2, 0) is 4.74 Å². The van der Waals surface area contributed by atoms with E-state index in [1.165, 1.54) is 19.3 Å². The Balaban J connectivity index is 0.00000289. The lowest BCUT2D eigenvalue weighted by Crippen LogP contribution is -2.41. The number of nitrogens with zero attached hydrogens (tertiary/aromatic N) is 2. The minimum Gasteiger partial charge on any atom is -0.380 e. The number of likely N-dealkylation sites (tertiary alicyclic amines) is 1. The van der Waals surface area contributed by atoms with Gasteiger partial charge in [-0.2, -0.15) is 0 Å². The summed E-state index contributed by atoms with van der Waals surface area (Å²) in [6.07, 6.45) is 4.91. The second kappa shape index (κ2) is 10.8. The van der Waals surface area contributed by atoms with Crippen LogP contribution in [0.25, 0.3) is 0 Å².